The first-order valence-corrected chi connectivity index (χ1v) is 5.03. The zero-order valence-corrected chi connectivity index (χ0v) is 9.41. The third-order valence-corrected chi connectivity index (χ3v) is 2.66. The molecular formula is C12H9ClN2O. The predicted molar refractivity (Wildman–Crippen MR) is 63.6 cm³/mol. The highest BCUT2D eigenvalue weighted by Crippen LogP contribution is 2.30. The third kappa shape index (κ3) is 1.36. The van der Waals surface area contributed by atoms with Crippen molar-refractivity contribution in [2.45, 2.75) is 6.92 Å². The summed E-state index contributed by atoms with van der Waals surface area (Å²) in [7, 11) is 0. The number of nitriles is 1. The summed E-state index contributed by atoms with van der Waals surface area (Å²) in [5, 5.41) is 20.2. The van der Waals surface area contributed by atoms with Gasteiger partial charge in [-0.25, -0.2) is 0 Å². The molecule has 0 aliphatic heterocycles. The van der Waals surface area contributed by atoms with E-state index in [-0.39, 0.29) is 0 Å². The second-order valence-corrected chi connectivity index (χ2v) is 4.03. The highest BCUT2D eigenvalue weighted by molar-refractivity contribution is 6.31. The van der Waals surface area contributed by atoms with Crippen LogP contribution in [0.4, 0.5) is 0 Å². The molecule has 1 aromatic heterocycles. The van der Waals surface area contributed by atoms with Gasteiger partial charge in [0.1, 0.15) is 11.8 Å². The van der Waals surface area contributed by atoms with Crippen molar-refractivity contribution in [3.05, 3.63) is 41.1 Å². The number of halogens is 1. The first-order valence-electron chi connectivity index (χ1n) is 4.65. The molecule has 0 aliphatic carbocycles. The minimum atomic E-state index is 0.396. The number of rotatable bonds is 1. The van der Waals surface area contributed by atoms with E-state index in [1.165, 1.54) is 0 Å². The Labute approximate surface area is 97.7 Å². The average Bonchev–Trinajstić information content (AvgIpc) is 2.50. The zero-order chi connectivity index (χ0) is 11.9. The lowest BCUT2D eigenvalue weighted by molar-refractivity contribution is 0.197. The van der Waals surface area contributed by atoms with Crippen LogP contribution in [0.1, 0.15) is 18.2 Å². The summed E-state index contributed by atoms with van der Waals surface area (Å²) >= 11 is 5.87. The maximum atomic E-state index is 9.92. The Kier molecular flexibility index (Phi) is 2.37. The van der Waals surface area contributed by atoms with Gasteiger partial charge in [-0.1, -0.05) is 18.2 Å². The number of benzene rings is 1. The molecule has 0 unspecified atom stereocenters. The van der Waals surface area contributed by atoms with Crippen molar-refractivity contribution in [2.24, 2.45) is 0 Å². The number of nitrogens with zero attached hydrogens (tertiary/aromatic N) is 2. The smallest absolute Gasteiger partial charge is 0.102 e. The summed E-state index contributed by atoms with van der Waals surface area (Å²) in [5.41, 5.74) is 2.01. The maximum Gasteiger partial charge on any atom is 0.102 e. The van der Waals surface area contributed by atoms with Crippen LogP contribution in [0.25, 0.3) is 16.5 Å². The number of hydrogen-bond acceptors (Lipinski definition) is 2. The normalized spacial score (nSPS) is 10.3. The fourth-order valence-corrected chi connectivity index (χ4v) is 1.93. The Morgan fingerprint density at radius 1 is 1.56 bits per heavy atom. The molecule has 0 amide bonds. The molecule has 0 fully saturated rings. The Morgan fingerprint density at radius 2 is 2.25 bits per heavy atom. The van der Waals surface area contributed by atoms with Gasteiger partial charge in [-0.2, -0.15) is 9.99 Å². The van der Waals surface area contributed by atoms with Crippen molar-refractivity contribution in [1.82, 2.24) is 4.73 Å². The van der Waals surface area contributed by atoms with E-state index >= 15 is 0 Å². The molecule has 0 atom stereocenters. The van der Waals surface area contributed by atoms with Crippen LogP contribution in [0, 0.1) is 11.3 Å². The van der Waals surface area contributed by atoms with Crippen LogP contribution in [0.15, 0.2) is 24.8 Å². The maximum absolute atomic E-state index is 9.92. The lowest BCUT2D eigenvalue weighted by Gasteiger charge is -2.00. The Bertz CT molecular complexity index is 634. The molecule has 4 heteroatoms. The van der Waals surface area contributed by atoms with E-state index in [1.807, 2.05) is 0 Å². The fourth-order valence-electron chi connectivity index (χ4n) is 1.75. The Hall–Kier alpha value is -1.92. The van der Waals surface area contributed by atoms with Crippen molar-refractivity contribution in [3.8, 4) is 6.07 Å². The summed E-state index contributed by atoms with van der Waals surface area (Å²) in [6.45, 7) is 5.49. The second-order valence-electron chi connectivity index (χ2n) is 3.59. The SMILES string of the molecule is C=C(C)c1c(C#N)c2cc(Cl)ccc2n1O. The van der Waals surface area contributed by atoms with E-state index in [1.54, 1.807) is 25.1 Å². The van der Waals surface area contributed by atoms with E-state index in [0.717, 1.165) is 4.73 Å². The van der Waals surface area contributed by atoms with E-state index in [4.69, 9.17) is 16.9 Å². The second kappa shape index (κ2) is 3.58. The van der Waals surface area contributed by atoms with Gasteiger partial charge in [0.15, 0.2) is 0 Å². The van der Waals surface area contributed by atoms with Crippen LogP contribution in [0.2, 0.25) is 5.02 Å². The van der Waals surface area contributed by atoms with Crippen molar-refractivity contribution < 1.29 is 5.21 Å². The highest BCUT2D eigenvalue weighted by Gasteiger charge is 2.17. The van der Waals surface area contributed by atoms with Gasteiger partial charge >= 0.3 is 0 Å². The van der Waals surface area contributed by atoms with Crippen LogP contribution in [0.5, 0.6) is 0 Å². The van der Waals surface area contributed by atoms with Gasteiger partial charge < -0.3 is 5.21 Å². The quantitative estimate of drug-likeness (QED) is 0.766. The number of allylic oxidation sites excluding steroid dienone is 1. The van der Waals surface area contributed by atoms with Crippen molar-refractivity contribution >= 4 is 28.1 Å². The molecule has 1 aromatic carbocycles. The molecule has 0 saturated heterocycles. The van der Waals surface area contributed by atoms with Crippen molar-refractivity contribution in [2.75, 3.05) is 0 Å². The Balaban J connectivity index is 2.98. The average molecular weight is 233 g/mol. The first-order chi connectivity index (χ1) is 7.56. The molecule has 1 heterocycles. The summed E-state index contributed by atoms with van der Waals surface area (Å²) in [6.07, 6.45) is 0. The molecule has 0 saturated carbocycles. The molecule has 0 bridgehead atoms. The lowest BCUT2D eigenvalue weighted by Crippen LogP contribution is -1.95. The molecule has 0 spiro atoms. The molecule has 16 heavy (non-hydrogen) atoms. The van der Waals surface area contributed by atoms with Crippen LogP contribution in [-0.2, 0) is 0 Å². The first kappa shape index (κ1) is 10.6. The van der Waals surface area contributed by atoms with E-state index in [2.05, 4.69) is 12.6 Å². The molecule has 1 N–H and O–H groups in total. The minimum Gasteiger partial charge on any atom is -0.428 e. The van der Waals surface area contributed by atoms with Crippen LogP contribution in [-0.4, -0.2) is 9.94 Å². The highest BCUT2D eigenvalue weighted by atomic mass is 35.5. The Morgan fingerprint density at radius 3 is 2.81 bits per heavy atom. The monoisotopic (exact) mass is 232 g/mol. The van der Waals surface area contributed by atoms with Gasteiger partial charge in [0, 0.05) is 10.4 Å². The number of hydrogen-bond donors (Lipinski definition) is 1. The minimum absolute atomic E-state index is 0.396. The van der Waals surface area contributed by atoms with Gasteiger partial charge in [-0.05, 0) is 30.7 Å². The molecule has 2 rings (SSSR count). The van der Waals surface area contributed by atoms with Gasteiger partial charge in [-0.15, -0.1) is 0 Å². The molecular weight excluding hydrogens is 224 g/mol. The van der Waals surface area contributed by atoms with Gasteiger partial charge in [0.05, 0.1) is 11.1 Å². The van der Waals surface area contributed by atoms with E-state index in [0.29, 0.717) is 32.8 Å². The lowest BCUT2D eigenvalue weighted by atomic mass is 10.1. The molecule has 2 aromatic rings. The summed E-state index contributed by atoms with van der Waals surface area (Å²) < 4.78 is 0.979. The molecule has 0 radical (unpaired) electrons. The number of fused-ring (bicyclic) bond motifs is 1. The fraction of sp³-hybridized carbons (Fsp3) is 0.0833. The third-order valence-electron chi connectivity index (χ3n) is 2.42. The topological polar surface area (TPSA) is 49.0 Å². The molecule has 0 aliphatic rings. The summed E-state index contributed by atoms with van der Waals surface area (Å²) in [5.74, 6) is 0. The molecule has 3 nitrogen and oxygen atoms in total. The van der Waals surface area contributed by atoms with Crippen LogP contribution >= 0.6 is 11.6 Å². The van der Waals surface area contributed by atoms with Gasteiger partial charge in [0.25, 0.3) is 0 Å². The molecule has 80 valence electrons. The largest absolute Gasteiger partial charge is 0.428 e. The predicted octanol–water partition coefficient (Wildman–Crippen LogP) is 3.44. The number of aromatic nitrogens is 1. The van der Waals surface area contributed by atoms with Crippen molar-refractivity contribution in [1.29, 1.82) is 5.26 Å². The van der Waals surface area contributed by atoms with Gasteiger partial charge in [0.2, 0.25) is 0 Å². The zero-order valence-electron chi connectivity index (χ0n) is 8.66. The summed E-state index contributed by atoms with van der Waals surface area (Å²) in [4.78, 5) is 0. The van der Waals surface area contributed by atoms with Gasteiger partial charge in [-0.3, -0.25) is 0 Å². The van der Waals surface area contributed by atoms with Crippen LogP contribution in [0.3, 0.4) is 0 Å². The van der Waals surface area contributed by atoms with E-state index in [9.17, 15) is 5.21 Å². The summed E-state index contributed by atoms with van der Waals surface area (Å²) in [6, 6.07) is 7.07. The van der Waals surface area contributed by atoms with E-state index < -0.39 is 0 Å². The van der Waals surface area contributed by atoms with Crippen molar-refractivity contribution in [3.63, 3.8) is 0 Å². The standard InChI is InChI=1S/C12H9ClN2O/c1-7(2)12-10(6-14)9-5-8(13)3-4-11(9)15(12)16/h3-5,16H,1H2,2H3. The van der Waals surface area contributed by atoms with Crippen LogP contribution < -0.4 is 0 Å².